The molecule has 0 bridgehead atoms. The molecule has 0 spiro atoms. The third kappa shape index (κ3) is 3.68. The number of aromatic nitrogens is 2. The molecule has 2 atom stereocenters. The van der Waals surface area contributed by atoms with Gasteiger partial charge in [-0.2, -0.15) is 0 Å². The van der Waals surface area contributed by atoms with E-state index in [-0.39, 0.29) is 11.6 Å². The number of thiophene rings is 2. The normalized spacial score (nSPS) is 13.7. The highest BCUT2D eigenvalue weighted by Crippen LogP contribution is 2.33. The third-order valence-corrected chi connectivity index (χ3v) is 7.09. The van der Waals surface area contributed by atoms with Crippen LogP contribution in [0.4, 0.5) is 0 Å². The summed E-state index contributed by atoms with van der Waals surface area (Å²) in [5.41, 5.74) is 3.59. The van der Waals surface area contributed by atoms with E-state index in [9.17, 15) is 4.79 Å². The van der Waals surface area contributed by atoms with Crippen LogP contribution in [-0.2, 0) is 13.0 Å². The van der Waals surface area contributed by atoms with Gasteiger partial charge in [0.2, 0.25) is 0 Å². The molecular formula is C22H24N3OS2+. The zero-order valence-electron chi connectivity index (χ0n) is 16.3. The van der Waals surface area contributed by atoms with Gasteiger partial charge >= 0.3 is 0 Å². The second kappa shape index (κ2) is 7.99. The van der Waals surface area contributed by atoms with Crippen molar-refractivity contribution in [1.82, 2.24) is 9.97 Å². The fourth-order valence-electron chi connectivity index (χ4n) is 3.39. The first-order chi connectivity index (χ1) is 13.6. The molecule has 1 aromatic carbocycles. The van der Waals surface area contributed by atoms with Crippen molar-refractivity contribution < 1.29 is 4.90 Å². The Bertz CT molecular complexity index is 1130. The van der Waals surface area contributed by atoms with Gasteiger partial charge in [-0.1, -0.05) is 37.3 Å². The minimum atomic E-state index is -0.0448. The summed E-state index contributed by atoms with van der Waals surface area (Å²) in [4.78, 5) is 23.9. The number of aromatic amines is 1. The van der Waals surface area contributed by atoms with Crippen LogP contribution in [0.15, 0.2) is 52.0 Å². The van der Waals surface area contributed by atoms with Crippen LogP contribution in [-0.4, -0.2) is 17.0 Å². The Hall–Kier alpha value is -2.28. The first-order valence-electron chi connectivity index (χ1n) is 9.52. The number of fused-ring (bicyclic) bond motifs is 1. The predicted octanol–water partition coefficient (Wildman–Crippen LogP) is 4.05. The molecule has 3 heterocycles. The number of aryl methyl sites for hydroxylation is 1. The molecule has 4 aromatic rings. The summed E-state index contributed by atoms with van der Waals surface area (Å²) in [6, 6.07) is 12.9. The van der Waals surface area contributed by atoms with Crippen molar-refractivity contribution in [3.05, 3.63) is 74.5 Å². The minimum Gasteiger partial charge on any atom is -0.325 e. The number of benzene rings is 1. The van der Waals surface area contributed by atoms with E-state index in [0.717, 1.165) is 34.1 Å². The zero-order valence-corrected chi connectivity index (χ0v) is 17.9. The lowest BCUT2D eigenvalue weighted by Crippen LogP contribution is -3.07. The molecule has 2 N–H and O–H groups in total. The van der Waals surface area contributed by atoms with E-state index in [4.69, 9.17) is 4.98 Å². The Morgan fingerprint density at radius 3 is 2.57 bits per heavy atom. The number of rotatable bonds is 6. The van der Waals surface area contributed by atoms with Gasteiger partial charge in [0.1, 0.15) is 17.4 Å². The van der Waals surface area contributed by atoms with E-state index >= 15 is 0 Å². The Labute approximate surface area is 172 Å². The van der Waals surface area contributed by atoms with Gasteiger partial charge in [-0.15, -0.1) is 22.7 Å². The molecule has 0 radical (unpaired) electrons. The second-order valence-electron chi connectivity index (χ2n) is 7.17. The molecule has 4 nitrogen and oxygen atoms in total. The van der Waals surface area contributed by atoms with Crippen molar-refractivity contribution in [2.45, 2.75) is 32.9 Å². The third-order valence-electron chi connectivity index (χ3n) is 5.31. The summed E-state index contributed by atoms with van der Waals surface area (Å²) in [5, 5.41) is 4.78. The number of nitrogens with one attached hydrogen (secondary N) is 2. The number of hydrogen-bond donors (Lipinski definition) is 2. The van der Waals surface area contributed by atoms with Gasteiger partial charge in [0, 0.05) is 21.4 Å². The van der Waals surface area contributed by atoms with Crippen LogP contribution in [0.3, 0.4) is 0 Å². The van der Waals surface area contributed by atoms with E-state index < -0.39 is 0 Å². The molecule has 0 fully saturated rings. The van der Waals surface area contributed by atoms with Gasteiger partial charge in [0.05, 0.1) is 12.4 Å². The van der Waals surface area contributed by atoms with Crippen molar-refractivity contribution in [1.29, 1.82) is 0 Å². The monoisotopic (exact) mass is 410 g/mol. The average Bonchev–Trinajstić information content (AvgIpc) is 3.37. The van der Waals surface area contributed by atoms with Gasteiger partial charge in [-0.05, 0) is 30.4 Å². The SMILES string of the molecule is CCc1ccc(C[NH+](C)[C@H](C)c2nc3scc(-c4cccs4)c3c(=O)[nH]2)cc1. The van der Waals surface area contributed by atoms with Crippen molar-refractivity contribution in [3.8, 4) is 10.4 Å². The van der Waals surface area contributed by atoms with Crippen molar-refractivity contribution in [2.75, 3.05) is 7.05 Å². The summed E-state index contributed by atoms with van der Waals surface area (Å²) >= 11 is 3.19. The van der Waals surface area contributed by atoms with Crippen LogP contribution in [0.5, 0.6) is 0 Å². The lowest BCUT2D eigenvalue weighted by molar-refractivity contribution is -0.924. The van der Waals surface area contributed by atoms with Crippen molar-refractivity contribution >= 4 is 32.9 Å². The van der Waals surface area contributed by atoms with Crippen LogP contribution in [0, 0.1) is 0 Å². The molecule has 6 heteroatoms. The number of hydrogen-bond acceptors (Lipinski definition) is 4. The highest BCUT2D eigenvalue weighted by Gasteiger charge is 2.21. The highest BCUT2D eigenvalue weighted by atomic mass is 32.1. The maximum absolute atomic E-state index is 12.8. The molecule has 0 amide bonds. The zero-order chi connectivity index (χ0) is 19.7. The Kier molecular flexibility index (Phi) is 5.44. The minimum absolute atomic E-state index is 0.0448. The lowest BCUT2D eigenvalue weighted by atomic mass is 10.1. The smallest absolute Gasteiger partial charge is 0.260 e. The Morgan fingerprint density at radius 2 is 1.89 bits per heavy atom. The molecule has 28 heavy (non-hydrogen) atoms. The highest BCUT2D eigenvalue weighted by molar-refractivity contribution is 7.18. The van der Waals surface area contributed by atoms with Gasteiger partial charge in [-0.25, -0.2) is 4.98 Å². The van der Waals surface area contributed by atoms with Gasteiger partial charge in [0.25, 0.3) is 5.56 Å². The molecule has 0 aliphatic carbocycles. The van der Waals surface area contributed by atoms with Crippen LogP contribution in [0.25, 0.3) is 20.7 Å². The maximum Gasteiger partial charge on any atom is 0.260 e. The van der Waals surface area contributed by atoms with E-state index in [2.05, 4.69) is 50.1 Å². The molecule has 1 unspecified atom stereocenters. The molecule has 0 aliphatic rings. The predicted molar refractivity (Wildman–Crippen MR) is 118 cm³/mol. The fraction of sp³-hybridized carbons (Fsp3) is 0.273. The Balaban J connectivity index is 1.60. The van der Waals surface area contributed by atoms with Gasteiger partial charge in [-0.3, -0.25) is 4.79 Å². The summed E-state index contributed by atoms with van der Waals surface area (Å²) in [6.07, 6.45) is 1.05. The van der Waals surface area contributed by atoms with E-state index in [1.54, 1.807) is 22.7 Å². The summed E-state index contributed by atoms with van der Waals surface area (Å²) < 4.78 is 0. The molecular weight excluding hydrogens is 386 g/mol. The number of H-pyrrole nitrogens is 1. The van der Waals surface area contributed by atoms with Crippen LogP contribution < -0.4 is 10.5 Å². The molecule has 4 rings (SSSR count). The number of quaternary nitrogens is 1. The fourth-order valence-corrected chi connectivity index (χ4v) is 5.15. The summed E-state index contributed by atoms with van der Waals surface area (Å²) in [6.45, 7) is 5.17. The quantitative estimate of drug-likeness (QED) is 0.504. The molecule has 3 aromatic heterocycles. The van der Waals surface area contributed by atoms with Gasteiger partial charge < -0.3 is 9.88 Å². The Morgan fingerprint density at radius 1 is 1.14 bits per heavy atom. The number of nitrogens with zero attached hydrogens (tertiary/aromatic N) is 1. The van der Waals surface area contributed by atoms with Crippen molar-refractivity contribution in [2.24, 2.45) is 0 Å². The van der Waals surface area contributed by atoms with Crippen LogP contribution in [0.1, 0.15) is 36.8 Å². The topological polar surface area (TPSA) is 50.2 Å². The van der Waals surface area contributed by atoms with Crippen LogP contribution >= 0.6 is 22.7 Å². The summed E-state index contributed by atoms with van der Waals surface area (Å²) in [5.74, 6) is 0.750. The summed E-state index contributed by atoms with van der Waals surface area (Å²) in [7, 11) is 2.15. The molecule has 0 saturated heterocycles. The standard InChI is InChI=1S/C22H23N3OS2/c1-4-15-7-9-16(10-8-15)12-25(3)14(2)20-23-21(26)19-17(13-28-22(19)24-20)18-6-5-11-27-18/h5-11,13-14H,4,12H2,1-3H3,(H,23,24,26)/p+1/t14-/m1/s1. The van der Waals surface area contributed by atoms with E-state index in [1.165, 1.54) is 16.0 Å². The van der Waals surface area contributed by atoms with Crippen molar-refractivity contribution in [3.63, 3.8) is 0 Å². The molecule has 144 valence electrons. The van der Waals surface area contributed by atoms with E-state index in [1.807, 2.05) is 22.9 Å². The largest absolute Gasteiger partial charge is 0.325 e. The van der Waals surface area contributed by atoms with Crippen LogP contribution in [0.2, 0.25) is 0 Å². The second-order valence-corrected chi connectivity index (χ2v) is 8.98. The molecule has 0 aliphatic heterocycles. The lowest BCUT2D eigenvalue weighted by Gasteiger charge is -2.21. The average molecular weight is 411 g/mol. The van der Waals surface area contributed by atoms with Gasteiger partial charge in [0.15, 0.2) is 5.82 Å². The first-order valence-corrected chi connectivity index (χ1v) is 11.3. The molecule has 0 saturated carbocycles. The first kappa shape index (κ1) is 19.1. The van der Waals surface area contributed by atoms with E-state index in [0.29, 0.717) is 5.39 Å². The maximum atomic E-state index is 12.8.